The first-order chi connectivity index (χ1) is 5.66. The van der Waals surface area contributed by atoms with Gasteiger partial charge in [-0.05, 0) is 32.1 Å². The quantitative estimate of drug-likeness (QED) is 0.555. The second kappa shape index (κ2) is 4.21. The summed E-state index contributed by atoms with van der Waals surface area (Å²) in [7, 11) is 0. The van der Waals surface area contributed by atoms with Crippen LogP contribution in [-0.4, -0.2) is 22.2 Å². The summed E-state index contributed by atoms with van der Waals surface area (Å²) >= 11 is 0. The monoisotopic (exact) mass is 173 g/mol. The van der Waals surface area contributed by atoms with Gasteiger partial charge in [0.15, 0.2) is 0 Å². The van der Waals surface area contributed by atoms with E-state index in [1.165, 1.54) is 0 Å². The molecule has 0 aromatic carbocycles. The van der Waals surface area contributed by atoms with E-state index in [0.29, 0.717) is 6.42 Å². The Kier molecular flexibility index (Phi) is 3.50. The molecule has 0 radical (unpaired) electrons. The van der Waals surface area contributed by atoms with Crippen LogP contribution in [0.2, 0.25) is 0 Å². The van der Waals surface area contributed by atoms with E-state index in [1.54, 1.807) is 0 Å². The van der Waals surface area contributed by atoms with E-state index >= 15 is 0 Å². The highest BCUT2D eigenvalue weighted by molar-refractivity contribution is 4.82. The van der Waals surface area contributed by atoms with Crippen molar-refractivity contribution >= 4 is 0 Å². The van der Waals surface area contributed by atoms with Crippen LogP contribution in [0.25, 0.3) is 0 Å². The van der Waals surface area contributed by atoms with E-state index in [-0.39, 0.29) is 0 Å². The summed E-state index contributed by atoms with van der Waals surface area (Å²) in [5, 5.41) is 22.1. The number of nitrogens with one attached hydrogen (secondary N) is 1. The zero-order valence-electron chi connectivity index (χ0n) is 7.71. The Balaban J connectivity index is 2.28. The standard InChI is InChI=1S/C9H19NO2/c1-2-5-8(11)10-9(12)6-3-4-7-9/h8,10-12H,2-7H2,1H3. The fourth-order valence-corrected chi connectivity index (χ4v) is 1.76. The zero-order valence-corrected chi connectivity index (χ0v) is 7.71. The molecule has 72 valence electrons. The Bertz CT molecular complexity index is 132. The summed E-state index contributed by atoms with van der Waals surface area (Å²) in [5.41, 5.74) is -0.783. The van der Waals surface area contributed by atoms with Crippen LogP contribution < -0.4 is 5.32 Å². The third-order valence-corrected chi connectivity index (χ3v) is 2.43. The molecule has 0 saturated heterocycles. The minimum atomic E-state index is -0.783. The van der Waals surface area contributed by atoms with Crippen molar-refractivity contribution in [1.29, 1.82) is 0 Å². The van der Waals surface area contributed by atoms with Crippen molar-refractivity contribution in [3.8, 4) is 0 Å². The lowest BCUT2D eigenvalue weighted by Crippen LogP contribution is -2.48. The van der Waals surface area contributed by atoms with E-state index in [0.717, 1.165) is 32.1 Å². The molecule has 3 nitrogen and oxygen atoms in total. The normalized spacial score (nSPS) is 24.2. The van der Waals surface area contributed by atoms with E-state index in [1.807, 2.05) is 6.92 Å². The predicted molar refractivity (Wildman–Crippen MR) is 47.5 cm³/mol. The van der Waals surface area contributed by atoms with Gasteiger partial charge < -0.3 is 10.2 Å². The molecule has 0 aromatic rings. The second-order valence-corrected chi connectivity index (χ2v) is 3.69. The Morgan fingerprint density at radius 2 is 2.00 bits per heavy atom. The molecule has 0 amide bonds. The van der Waals surface area contributed by atoms with Crippen molar-refractivity contribution in [2.75, 3.05) is 0 Å². The summed E-state index contributed by atoms with van der Waals surface area (Å²) in [6, 6.07) is 0. The Morgan fingerprint density at radius 1 is 1.42 bits per heavy atom. The number of aliphatic hydroxyl groups is 2. The molecule has 1 unspecified atom stereocenters. The van der Waals surface area contributed by atoms with Crippen molar-refractivity contribution in [2.24, 2.45) is 0 Å². The molecule has 1 aliphatic carbocycles. The molecule has 3 heteroatoms. The smallest absolute Gasteiger partial charge is 0.117 e. The van der Waals surface area contributed by atoms with E-state index in [2.05, 4.69) is 5.32 Å². The lowest BCUT2D eigenvalue weighted by Gasteiger charge is -2.27. The van der Waals surface area contributed by atoms with E-state index in [9.17, 15) is 10.2 Å². The minimum Gasteiger partial charge on any atom is -0.379 e. The Hall–Kier alpha value is -0.120. The number of hydrogen-bond donors (Lipinski definition) is 3. The number of rotatable bonds is 4. The van der Waals surface area contributed by atoms with Gasteiger partial charge in [0.1, 0.15) is 12.0 Å². The fraction of sp³-hybridized carbons (Fsp3) is 1.00. The van der Waals surface area contributed by atoms with Crippen LogP contribution in [-0.2, 0) is 0 Å². The number of aliphatic hydroxyl groups excluding tert-OH is 1. The first kappa shape index (κ1) is 9.96. The molecule has 1 rings (SSSR count). The van der Waals surface area contributed by atoms with Gasteiger partial charge in [0.05, 0.1) is 0 Å². The zero-order chi connectivity index (χ0) is 9.03. The third kappa shape index (κ3) is 2.73. The van der Waals surface area contributed by atoms with Crippen molar-refractivity contribution in [3.63, 3.8) is 0 Å². The van der Waals surface area contributed by atoms with Gasteiger partial charge in [-0.15, -0.1) is 0 Å². The molecule has 0 aliphatic heterocycles. The summed E-state index contributed by atoms with van der Waals surface area (Å²) in [5.74, 6) is 0. The largest absolute Gasteiger partial charge is 0.379 e. The molecule has 0 spiro atoms. The third-order valence-electron chi connectivity index (χ3n) is 2.43. The van der Waals surface area contributed by atoms with Crippen molar-refractivity contribution < 1.29 is 10.2 Å². The maximum atomic E-state index is 9.82. The van der Waals surface area contributed by atoms with Gasteiger partial charge >= 0.3 is 0 Å². The topological polar surface area (TPSA) is 52.5 Å². The summed E-state index contributed by atoms with van der Waals surface area (Å²) in [4.78, 5) is 0. The lowest BCUT2D eigenvalue weighted by atomic mass is 10.1. The summed E-state index contributed by atoms with van der Waals surface area (Å²) in [6.45, 7) is 2.02. The summed E-state index contributed by atoms with van der Waals surface area (Å²) < 4.78 is 0. The average molecular weight is 173 g/mol. The highest BCUT2D eigenvalue weighted by Gasteiger charge is 2.32. The minimum absolute atomic E-state index is 0.543. The van der Waals surface area contributed by atoms with Gasteiger partial charge in [0.25, 0.3) is 0 Å². The van der Waals surface area contributed by atoms with Crippen LogP contribution in [0.1, 0.15) is 45.4 Å². The van der Waals surface area contributed by atoms with Gasteiger partial charge in [0, 0.05) is 0 Å². The lowest BCUT2D eigenvalue weighted by molar-refractivity contribution is -0.0436. The van der Waals surface area contributed by atoms with Crippen molar-refractivity contribution in [2.45, 2.75) is 57.4 Å². The van der Waals surface area contributed by atoms with Gasteiger partial charge in [-0.25, -0.2) is 0 Å². The molecule has 0 bridgehead atoms. The molecule has 1 saturated carbocycles. The maximum Gasteiger partial charge on any atom is 0.117 e. The Labute approximate surface area is 73.8 Å². The van der Waals surface area contributed by atoms with Crippen LogP contribution in [0.3, 0.4) is 0 Å². The summed E-state index contributed by atoms with van der Waals surface area (Å²) in [6.07, 6.45) is 4.76. The highest BCUT2D eigenvalue weighted by atomic mass is 16.3. The van der Waals surface area contributed by atoms with Gasteiger partial charge in [0.2, 0.25) is 0 Å². The number of hydrogen-bond acceptors (Lipinski definition) is 3. The first-order valence-electron chi connectivity index (χ1n) is 4.84. The average Bonchev–Trinajstić information content (AvgIpc) is 2.36. The molecular weight excluding hydrogens is 154 g/mol. The van der Waals surface area contributed by atoms with E-state index in [4.69, 9.17) is 0 Å². The maximum absolute atomic E-state index is 9.82. The molecule has 12 heavy (non-hydrogen) atoms. The molecule has 1 fully saturated rings. The Morgan fingerprint density at radius 3 is 2.50 bits per heavy atom. The molecule has 1 atom stereocenters. The van der Waals surface area contributed by atoms with Crippen LogP contribution in [0, 0.1) is 0 Å². The van der Waals surface area contributed by atoms with E-state index < -0.39 is 12.0 Å². The van der Waals surface area contributed by atoms with Crippen LogP contribution >= 0.6 is 0 Å². The molecule has 0 heterocycles. The van der Waals surface area contributed by atoms with Crippen LogP contribution in [0.15, 0.2) is 0 Å². The molecular formula is C9H19NO2. The second-order valence-electron chi connectivity index (χ2n) is 3.69. The molecule has 1 aliphatic rings. The van der Waals surface area contributed by atoms with Crippen LogP contribution in [0.4, 0.5) is 0 Å². The fourth-order valence-electron chi connectivity index (χ4n) is 1.76. The first-order valence-corrected chi connectivity index (χ1v) is 4.84. The van der Waals surface area contributed by atoms with Crippen LogP contribution in [0.5, 0.6) is 0 Å². The van der Waals surface area contributed by atoms with Gasteiger partial charge in [-0.1, -0.05) is 13.3 Å². The SMILES string of the molecule is CCCC(O)NC1(O)CCCC1. The van der Waals surface area contributed by atoms with Gasteiger partial charge in [-0.2, -0.15) is 0 Å². The van der Waals surface area contributed by atoms with Gasteiger partial charge in [-0.3, -0.25) is 5.32 Å². The highest BCUT2D eigenvalue weighted by Crippen LogP contribution is 2.27. The van der Waals surface area contributed by atoms with Crippen molar-refractivity contribution in [1.82, 2.24) is 5.32 Å². The molecule has 0 aromatic heterocycles. The predicted octanol–water partition coefficient (Wildman–Crippen LogP) is 0.957. The molecule has 3 N–H and O–H groups in total. The van der Waals surface area contributed by atoms with Crippen molar-refractivity contribution in [3.05, 3.63) is 0 Å².